The van der Waals surface area contributed by atoms with E-state index in [9.17, 15) is 9.59 Å². The molecule has 3 atom stereocenters. The van der Waals surface area contributed by atoms with Crippen LogP contribution in [0, 0.1) is 11.3 Å². The Hall–Kier alpha value is -1.10. The van der Waals surface area contributed by atoms with Gasteiger partial charge in [-0.15, -0.1) is 0 Å². The predicted molar refractivity (Wildman–Crippen MR) is 78.6 cm³/mol. The lowest BCUT2D eigenvalue weighted by molar-refractivity contribution is -0.156. The first-order valence-electron chi connectivity index (χ1n) is 7.30. The summed E-state index contributed by atoms with van der Waals surface area (Å²) in [5.41, 5.74) is -0.233. The molecular formula is C15H24O4Si. The first-order chi connectivity index (χ1) is 9.29. The van der Waals surface area contributed by atoms with Gasteiger partial charge in [-0.25, -0.2) is 0 Å². The molecule has 5 heteroatoms. The SMILES string of the molecule is CC(C)C(=O)OC[Si]1(C)COC(=O)C2(C)CCC=CC21. The maximum atomic E-state index is 12.1. The number of rotatable bonds is 3. The molecule has 1 aliphatic heterocycles. The van der Waals surface area contributed by atoms with Gasteiger partial charge in [-0.2, -0.15) is 0 Å². The molecule has 1 aliphatic carbocycles. The third-order valence-corrected chi connectivity index (χ3v) is 8.55. The molecule has 4 nitrogen and oxygen atoms in total. The maximum absolute atomic E-state index is 12.1. The molecule has 0 aromatic carbocycles. The Morgan fingerprint density at radius 1 is 1.60 bits per heavy atom. The molecule has 0 bridgehead atoms. The largest absolute Gasteiger partial charge is 0.469 e. The fourth-order valence-electron chi connectivity index (χ4n) is 3.23. The Balaban J connectivity index is 2.18. The fourth-order valence-corrected chi connectivity index (χ4v) is 7.01. The Morgan fingerprint density at radius 2 is 2.30 bits per heavy atom. The lowest BCUT2D eigenvalue weighted by Gasteiger charge is -2.48. The van der Waals surface area contributed by atoms with Gasteiger partial charge in [-0.05, 0) is 25.3 Å². The first-order valence-corrected chi connectivity index (χ1v) is 10.3. The minimum absolute atomic E-state index is 0.0907. The average Bonchev–Trinajstić information content (AvgIpc) is 2.41. The summed E-state index contributed by atoms with van der Waals surface area (Å²) in [5.74, 6) is -0.379. The molecule has 0 aromatic rings. The van der Waals surface area contributed by atoms with Crippen LogP contribution in [0.15, 0.2) is 12.2 Å². The standard InChI is InChI=1S/C15H24O4Si/c1-11(2)13(16)18-9-20(4)10-19-14(17)15(3)8-6-5-7-12(15)20/h5,7,11-12H,6,8-10H2,1-4H3. The number of carbonyl (C=O) groups is 2. The molecule has 2 aliphatic rings. The van der Waals surface area contributed by atoms with Gasteiger partial charge >= 0.3 is 11.9 Å². The Labute approximate surface area is 121 Å². The van der Waals surface area contributed by atoms with E-state index in [0.29, 0.717) is 12.5 Å². The fraction of sp³-hybridized carbons (Fsp3) is 0.733. The van der Waals surface area contributed by atoms with Crippen LogP contribution in [0.25, 0.3) is 0 Å². The summed E-state index contributed by atoms with van der Waals surface area (Å²) >= 11 is 0. The van der Waals surface area contributed by atoms with E-state index in [-0.39, 0.29) is 23.4 Å². The number of ether oxygens (including phenoxy) is 2. The van der Waals surface area contributed by atoms with Crippen LogP contribution >= 0.6 is 0 Å². The van der Waals surface area contributed by atoms with Gasteiger partial charge in [0.25, 0.3) is 0 Å². The van der Waals surface area contributed by atoms with E-state index in [2.05, 4.69) is 18.7 Å². The second-order valence-electron chi connectivity index (χ2n) is 6.85. The molecule has 0 amide bonds. The molecule has 1 fully saturated rings. The molecule has 1 saturated heterocycles. The van der Waals surface area contributed by atoms with Crippen LogP contribution in [0.2, 0.25) is 12.1 Å². The quantitative estimate of drug-likeness (QED) is 0.456. The highest BCUT2D eigenvalue weighted by atomic mass is 28.3. The van der Waals surface area contributed by atoms with Gasteiger partial charge in [0, 0.05) is 0 Å². The number of fused-ring (bicyclic) bond motifs is 1. The second kappa shape index (κ2) is 5.35. The van der Waals surface area contributed by atoms with E-state index in [1.54, 1.807) is 0 Å². The average molecular weight is 296 g/mol. The van der Waals surface area contributed by atoms with Crippen LogP contribution < -0.4 is 0 Å². The third kappa shape index (κ3) is 2.55. The number of carbonyl (C=O) groups excluding carboxylic acids is 2. The monoisotopic (exact) mass is 296 g/mol. The summed E-state index contributed by atoms with van der Waals surface area (Å²) in [5, 5.41) is 0. The van der Waals surface area contributed by atoms with Crippen molar-refractivity contribution >= 4 is 20.0 Å². The van der Waals surface area contributed by atoms with Crippen molar-refractivity contribution in [2.75, 3.05) is 12.5 Å². The van der Waals surface area contributed by atoms with Crippen molar-refractivity contribution in [1.82, 2.24) is 0 Å². The van der Waals surface area contributed by atoms with Gasteiger partial charge in [0.15, 0.2) is 0 Å². The minimum atomic E-state index is -1.99. The summed E-state index contributed by atoms with van der Waals surface area (Å²) < 4.78 is 10.9. The molecular weight excluding hydrogens is 272 g/mol. The van der Waals surface area contributed by atoms with Gasteiger partial charge in [0.05, 0.1) is 23.8 Å². The van der Waals surface area contributed by atoms with E-state index in [1.807, 2.05) is 20.8 Å². The highest BCUT2D eigenvalue weighted by Crippen LogP contribution is 2.50. The predicted octanol–water partition coefficient (Wildman–Crippen LogP) is 2.63. The summed E-state index contributed by atoms with van der Waals surface area (Å²) in [6.07, 6.45) is 6.94. The lowest BCUT2D eigenvalue weighted by Crippen LogP contribution is -2.60. The Morgan fingerprint density at radius 3 is 2.95 bits per heavy atom. The zero-order valence-corrected chi connectivity index (χ0v) is 13.8. The highest BCUT2D eigenvalue weighted by molar-refractivity contribution is 6.81. The maximum Gasteiger partial charge on any atom is 0.311 e. The third-order valence-electron chi connectivity index (χ3n) is 4.61. The summed E-state index contributed by atoms with van der Waals surface area (Å²) in [4.78, 5) is 23.8. The van der Waals surface area contributed by atoms with E-state index in [0.717, 1.165) is 12.8 Å². The summed E-state index contributed by atoms with van der Waals surface area (Å²) in [6.45, 7) is 7.83. The Kier molecular flexibility index (Phi) is 4.09. The number of cyclic esters (lactones) is 1. The normalized spacial score (nSPS) is 36.5. The topological polar surface area (TPSA) is 52.6 Å². The second-order valence-corrected chi connectivity index (χ2v) is 11.4. The summed E-state index contributed by atoms with van der Waals surface area (Å²) in [6, 6.07) is 0. The van der Waals surface area contributed by atoms with Crippen LogP contribution in [0.5, 0.6) is 0 Å². The zero-order valence-electron chi connectivity index (χ0n) is 12.8. The van der Waals surface area contributed by atoms with Crippen molar-refractivity contribution in [3.63, 3.8) is 0 Å². The van der Waals surface area contributed by atoms with Crippen molar-refractivity contribution in [2.45, 2.75) is 45.7 Å². The number of esters is 2. The van der Waals surface area contributed by atoms with E-state index < -0.39 is 13.5 Å². The van der Waals surface area contributed by atoms with E-state index in [4.69, 9.17) is 9.47 Å². The van der Waals surface area contributed by atoms with Gasteiger partial charge in [0.2, 0.25) is 0 Å². The van der Waals surface area contributed by atoms with E-state index >= 15 is 0 Å². The van der Waals surface area contributed by atoms with Crippen molar-refractivity contribution < 1.29 is 19.1 Å². The number of hydrogen-bond acceptors (Lipinski definition) is 4. The first kappa shape index (κ1) is 15.3. The smallest absolute Gasteiger partial charge is 0.311 e. The van der Waals surface area contributed by atoms with Crippen LogP contribution in [0.3, 0.4) is 0 Å². The number of allylic oxidation sites excluding steroid dienone is 2. The lowest BCUT2D eigenvalue weighted by atomic mass is 9.78. The molecule has 112 valence electrons. The molecule has 0 radical (unpaired) electrons. The van der Waals surface area contributed by atoms with Gasteiger partial charge < -0.3 is 9.47 Å². The van der Waals surface area contributed by atoms with Gasteiger partial charge in [0.1, 0.15) is 8.07 Å². The van der Waals surface area contributed by atoms with Crippen LogP contribution in [0.1, 0.15) is 33.6 Å². The van der Waals surface area contributed by atoms with E-state index in [1.165, 1.54) is 0 Å². The van der Waals surface area contributed by atoms with Crippen molar-refractivity contribution in [3.05, 3.63) is 12.2 Å². The van der Waals surface area contributed by atoms with Crippen molar-refractivity contribution in [2.24, 2.45) is 11.3 Å². The van der Waals surface area contributed by atoms with Crippen LogP contribution in [0.4, 0.5) is 0 Å². The molecule has 20 heavy (non-hydrogen) atoms. The highest BCUT2D eigenvalue weighted by Gasteiger charge is 2.56. The van der Waals surface area contributed by atoms with Crippen molar-refractivity contribution in [1.29, 1.82) is 0 Å². The summed E-state index contributed by atoms with van der Waals surface area (Å²) in [7, 11) is -1.99. The van der Waals surface area contributed by atoms with Crippen LogP contribution in [-0.2, 0) is 19.1 Å². The van der Waals surface area contributed by atoms with Gasteiger partial charge in [-0.1, -0.05) is 32.5 Å². The molecule has 0 spiro atoms. The zero-order chi connectivity index (χ0) is 15.0. The molecule has 0 aromatic heterocycles. The molecule has 0 N–H and O–H groups in total. The minimum Gasteiger partial charge on any atom is -0.469 e. The van der Waals surface area contributed by atoms with Crippen LogP contribution in [-0.4, -0.2) is 32.5 Å². The molecule has 3 unspecified atom stereocenters. The number of hydrogen-bond donors (Lipinski definition) is 0. The van der Waals surface area contributed by atoms with Gasteiger partial charge in [-0.3, -0.25) is 9.59 Å². The van der Waals surface area contributed by atoms with Crippen molar-refractivity contribution in [3.8, 4) is 0 Å². The molecule has 0 saturated carbocycles. The Bertz CT molecular complexity index is 445. The molecule has 1 heterocycles. The molecule has 2 rings (SSSR count).